The zero-order valence-electron chi connectivity index (χ0n) is 7.48. The molecule has 66 valence electrons. The monoisotopic (exact) mass is 175 g/mol. The van der Waals surface area contributed by atoms with Crippen LogP contribution in [0.5, 0.6) is 0 Å². The van der Waals surface area contributed by atoms with Gasteiger partial charge in [-0.3, -0.25) is 14.5 Å². The van der Waals surface area contributed by atoms with E-state index in [4.69, 9.17) is 0 Å². The molecule has 0 saturated heterocycles. The topological polar surface area (TPSA) is 47.8 Å². The maximum absolute atomic E-state index is 11.2. The van der Waals surface area contributed by atoms with Crippen molar-refractivity contribution in [1.82, 2.24) is 14.8 Å². The fraction of sp³-hybridized carbons (Fsp3) is 0.222. The smallest absolute Gasteiger partial charge is 0.162 e. The van der Waals surface area contributed by atoms with E-state index >= 15 is 0 Å². The summed E-state index contributed by atoms with van der Waals surface area (Å²) in [5.74, 6) is 0.0195. The fourth-order valence-electron chi connectivity index (χ4n) is 1.34. The van der Waals surface area contributed by atoms with Crippen molar-refractivity contribution in [2.75, 3.05) is 0 Å². The predicted molar refractivity (Wildman–Crippen MR) is 48.5 cm³/mol. The first-order valence-electron chi connectivity index (χ1n) is 3.97. The standard InChI is InChI=1S/C9H9N3O/c1-6(13)7-3-10-5-9-8(7)4-11-12(9)2/h3-5H,1-2H3. The molecule has 0 atom stereocenters. The summed E-state index contributed by atoms with van der Waals surface area (Å²) in [5.41, 5.74) is 1.51. The lowest BCUT2D eigenvalue weighted by Crippen LogP contribution is -1.95. The molecule has 0 amide bonds. The number of rotatable bonds is 1. The number of aromatic nitrogens is 3. The van der Waals surface area contributed by atoms with Crippen molar-refractivity contribution < 1.29 is 4.79 Å². The summed E-state index contributed by atoms with van der Waals surface area (Å²) in [5, 5.41) is 4.93. The van der Waals surface area contributed by atoms with Crippen LogP contribution < -0.4 is 0 Å². The Kier molecular flexibility index (Phi) is 1.62. The molecule has 0 aliphatic heterocycles. The summed E-state index contributed by atoms with van der Waals surface area (Å²) in [6.07, 6.45) is 4.97. The molecule has 0 aliphatic rings. The fourth-order valence-corrected chi connectivity index (χ4v) is 1.34. The van der Waals surface area contributed by atoms with E-state index in [1.807, 2.05) is 7.05 Å². The summed E-state index contributed by atoms with van der Waals surface area (Å²) >= 11 is 0. The molecule has 2 rings (SSSR count). The van der Waals surface area contributed by atoms with Crippen LogP contribution in [0.4, 0.5) is 0 Å². The van der Waals surface area contributed by atoms with Gasteiger partial charge in [-0.1, -0.05) is 0 Å². The second-order valence-corrected chi connectivity index (χ2v) is 2.94. The van der Waals surface area contributed by atoms with Crippen molar-refractivity contribution in [3.63, 3.8) is 0 Å². The van der Waals surface area contributed by atoms with Crippen molar-refractivity contribution in [3.8, 4) is 0 Å². The molecule has 2 aromatic heterocycles. The normalized spacial score (nSPS) is 10.6. The van der Waals surface area contributed by atoms with E-state index in [0.717, 1.165) is 10.9 Å². The Morgan fingerprint density at radius 3 is 2.85 bits per heavy atom. The molecule has 13 heavy (non-hydrogen) atoms. The molecule has 2 heterocycles. The first kappa shape index (κ1) is 7.91. The number of hydrogen-bond donors (Lipinski definition) is 0. The highest BCUT2D eigenvalue weighted by atomic mass is 16.1. The molecule has 0 bridgehead atoms. The summed E-state index contributed by atoms with van der Waals surface area (Å²) in [4.78, 5) is 15.2. The van der Waals surface area contributed by atoms with Gasteiger partial charge in [0.2, 0.25) is 0 Å². The molecule has 2 aromatic rings. The molecule has 0 fully saturated rings. The third-order valence-corrected chi connectivity index (χ3v) is 2.05. The molecular formula is C9H9N3O. The van der Waals surface area contributed by atoms with Gasteiger partial charge in [0.1, 0.15) is 0 Å². The van der Waals surface area contributed by atoms with E-state index in [2.05, 4.69) is 10.1 Å². The van der Waals surface area contributed by atoms with E-state index in [1.165, 1.54) is 6.92 Å². The Bertz CT molecular complexity index is 473. The number of ketones is 1. The molecule has 0 spiro atoms. The Labute approximate surface area is 75.2 Å². The molecule has 0 aliphatic carbocycles. The zero-order chi connectivity index (χ0) is 9.42. The second-order valence-electron chi connectivity index (χ2n) is 2.94. The van der Waals surface area contributed by atoms with Gasteiger partial charge < -0.3 is 0 Å². The summed E-state index contributed by atoms with van der Waals surface area (Å²) in [6, 6.07) is 0. The minimum absolute atomic E-state index is 0.0195. The molecule has 0 radical (unpaired) electrons. The van der Waals surface area contributed by atoms with Crippen LogP contribution in [-0.4, -0.2) is 20.5 Å². The minimum atomic E-state index is 0.0195. The van der Waals surface area contributed by atoms with Crippen LogP contribution in [0, 0.1) is 0 Å². The lowest BCUT2D eigenvalue weighted by atomic mass is 10.1. The molecular weight excluding hydrogens is 166 g/mol. The lowest BCUT2D eigenvalue weighted by molar-refractivity contribution is 0.101. The van der Waals surface area contributed by atoms with Gasteiger partial charge in [-0.15, -0.1) is 0 Å². The first-order valence-corrected chi connectivity index (χ1v) is 3.97. The van der Waals surface area contributed by atoms with Crippen LogP contribution in [0.3, 0.4) is 0 Å². The van der Waals surface area contributed by atoms with Crippen molar-refractivity contribution in [3.05, 3.63) is 24.2 Å². The number of pyridine rings is 1. The van der Waals surface area contributed by atoms with Gasteiger partial charge >= 0.3 is 0 Å². The SMILES string of the molecule is CC(=O)c1cncc2c1cnn2C. The van der Waals surface area contributed by atoms with Crippen LogP contribution in [0.1, 0.15) is 17.3 Å². The predicted octanol–water partition coefficient (Wildman–Crippen LogP) is 1.17. The summed E-state index contributed by atoms with van der Waals surface area (Å²) in [7, 11) is 1.83. The average Bonchev–Trinajstić information content (AvgIpc) is 2.48. The highest BCUT2D eigenvalue weighted by molar-refractivity contribution is 6.05. The minimum Gasteiger partial charge on any atom is -0.294 e. The van der Waals surface area contributed by atoms with E-state index in [1.54, 1.807) is 23.3 Å². The third kappa shape index (κ3) is 1.11. The molecule has 0 unspecified atom stereocenters. The molecule has 4 nitrogen and oxygen atoms in total. The lowest BCUT2D eigenvalue weighted by Gasteiger charge is -1.96. The highest BCUT2D eigenvalue weighted by Crippen LogP contribution is 2.16. The van der Waals surface area contributed by atoms with Crippen LogP contribution >= 0.6 is 0 Å². The number of aryl methyl sites for hydroxylation is 1. The van der Waals surface area contributed by atoms with E-state index in [9.17, 15) is 4.79 Å². The number of Topliss-reactive ketones (excluding diaryl/α,β-unsaturated/α-hetero) is 1. The largest absolute Gasteiger partial charge is 0.294 e. The number of carbonyl (C=O) groups excluding carboxylic acids is 1. The Balaban J connectivity index is 2.84. The second kappa shape index (κ2) is 2.65. The molecule has 0 N–H and O–H groups in total. The number of nitrogens with zero attached hydrogens (tertiary/aromatic N) is 3. The van der Waals surface area contributed by atoms with Crippen LogP contribution in [0.2, 0.25) is 0 Å². The third-order valence-electron chi connectivity index (χ3n) is 2.05. The van der Waals surface area contributed by atoms with Crippen molar-refractivity contribution >= 4 is 16.7 Å². The van der Waals surface area contributed by atoms with E-state index in [0.29, 0.717) is 5.56 Å². The van der Waals surface area contributed by atoms with Gasteiger partial charge in [0.25, 0.3) is 0 Å². The molecule has 0 aromatic carbocycles. The zero-order valence-corrected chi connectivity index (χ0v) is 7.48. The molecule has 0 saturated carbocycles. The average molecular weight is 175 g/mol. The van der Waals surface area contributed by atoms with Crippen molar-refractivity contribution in [2.45, 2.75) is 6.92 Å². The summed E-state index contributed by atoms with van der Waals surface area (Å²) in [6.45, 7) is 1.53. The van der Waals surface area contributed by atoms with E-state index < -0.39 is 0 Å². The quantitative estimate of drug-likeness (QED) is 0.611. The summed E-state index contributed by atoms with van der Waals surface area (Å²) < 4.78 is 1.70. The van der Waals surface area contributed by atoms with Crippen LogP contribution in [0.25, 0.3) is 10.9 Å². The van der Waals surface area contributed by atoms with Gasteiger partial charge in [0.05, 0.1) is 17.9 Å². The number of fused-ring (bicyclic) bond motifs is 1. The maximum Gasteiger partial charge on any atom is 0.162 e. The van der Waals surface area contributed by atoms with Gasteiger partial charge in [-0.25, -0.2) is 0 Å². The first-order chi connectivity index (χ1) is 6.20. The van der Waals surface area contributed by atoms with Gasteiger partial charge in [-0.05, 0) is 6.92 Å². The van der Waals surface area contributed by atoms with Crippen LogP contribution in [0.15, 0.2) is 18.6 Å². The Morgan fingerprint density at radius 2 is 2.15 bits per heavy atom. The number of hydrogen-bond acceptors (Lipinski definition) is 3. The van der Waals surface area contributed by atoms with Crippen LogP contribution in [-0.2, 0) is 7.05 Å². The van der Waals surface area contributed by atoms with E-state index in [-0.39, 0.29) is 5.78 Å². The molecule has 4 heteroatoms. The van der Waals surface area contributed by atoms with Crippen molar-refractivity contribution in [2.24, 2.45) is 7.05 Å². The number of carbonyl (C=O) groups is 1. The van der Waals surface area contributed by atoms with Crippen molar-refractivity contribution in [1.29, 1.82) is 0 Å². The maximum atomic E-state index is 11.2. The van der Waals surface area contributed by atoms with Gasteiger partial charge in [-0.2, -0.15) is 5.10 Å². The highest BCUT2D eigenvalue weighted by Gasteiger charge is 2.08. The van der Waals surface area contributed by atoms with Gasteiger partial charge in [0, 0.05) is 24.2 Å². The van der Waals surface area contributed by atoms with Gasteiger partial charge in [0.15, 0.2) is 5.78 Å². The Hall–Kier alpha value is -1.71. The Morgan fingerprint density at radius 1 is 1.38 bits per heavy atom.